The van der Waals surface area contributed by atoms with E-state index in [1.807, 2.05) is 22.7 Å². The molecule has 0 saturated carbocycles. The first kappa shape index (κ1) is 22.1. The van der Waals surface area contributed by atoms with Crippen LogP contribution in [-0.2, 0) is 16.0 Å². The fourth-order valence-corrected chi connectivity index (χ4v) is 4.62. The zero-order chi connectivity index (χ0) is 18.2. The average molecular weight is 412 g/mol. The number of amides is 2. The Morgan fingerprint density at radius 3 is 2.59 bits per heavy atom. The second-order valence-electron chi connectivity index (χ2n) is 7.22. The largest absolute Gasteiger partial charge is 0.347 e. The molecule has 7 heteroatoms. The summed E-state index contributed by atoms with van der Waals surface area (Å²) in [5.41, 5.74) is 1.37. The van der Waals surface area contributed by atoms with Gasteiger partial charge in [0.05, 0.1) is 6.54 Å². The Labute approximate surface area is 172 Å². The Morgan fingerprint density at radius 1 is 1.19 bits per heavy atom. The van der Waals surface area contributed by atoms with E-state index in [0.717, 1.165) is 50.4 Å². The molecule has 1 atom stereocenters. The molecule has 150 valence electrons. The van der Waals surface area contributed by atoms with Crippen LogP contribution >= 0.6 is 24.2 Å². The first-order valence-electron chi connectivity index (χ1n) is 9.60. The Kier molecular flexibility index (Phi) is 9.45. The van der Waals surface area contributed by atoms with Gasteiger partial charge in [-0.15, -0.1) is 12.4 Å². The SMILES string of the molecule is Cl.O=C(CC1CSCCN1)NCC(=O)N1CCC(Cc2ccccc2)CC1. The van der Waals surface area contributed by atoms with Crippen molar-refractivity contribution in [3.05, 3.63) is 35.9 Å². The molecular weight excluding hydrogens is 382 g/mol. The van der Waals surface area contributed by atoms with Gasteiger partial charge in [0.1, 0.15) is 0 Å². The number of nitrogens with one attached hydrogen (secondary N) is 2. The van der Waals surface area contributed by atoms with Gasteiger partial charge < -0.3 is 15.5 Å². The lowest BCUT2D eigenvalue weighted by Gasteiger charge is -2.32. The third-order valence-corrected chi connectivity index (χ3v) is 6.33. The van der Waals surface area contributed by atoms with Crippen LogP contribution in [0.3, 0.4) is 0 Å². The number of rotatable bonds is 6. The van der Waals surface area contributed by atoms with Gasteiger partial charge in [0.2, 0.25) is 11.8 Å². The Morgan fingerprint density at radius 2 is 1.93 bits per heavy atom. The summed E-state index contributed by atoms with van der Waals surface area (Å²) >= 11 is 1.88. The highest BCUT2D eigenvalue weighted by molar-refractivity contribution is 7.99. The number of piperidine rings is 1. The van der Waals surface area contributed by atoms with Crippen molar-refractivity contribution >= 4 is 36.0 Å². The van der Waals surface area contributed by atoms with Crippen molar-refractivity contribution in [2.45, 2.75) is 31.7 Å². The zero-order valence-electron chi connectivity index (χ0n) is 15.7. The Bertz CT molecular complexity index is 588. The number of nitrogens with zero attached hydrogens (tertiary/aromatic N) is 1. The molecule has 0 aliphatic carbocycles. The van der Waals surface area contributed by atoms with Crippen LogP contribution in [0.2, 0.25) is 0 Å². The van der Waals surface area contributed by atoms with E-state index in [4.69, 9.17) is 0 Å². The molecule has 2 fully saturated rings. The van der Waals surface area contributed by atoms with Crippen LogP contribution in [0.5, 0.6) is 0 Å². The topological polar surface area (TPSA) is 61.4 Å². The highest BCUT2D eigenvalue weighted by Crippen LogP contribution is 2.21. The molecule has 0 radical (unpaired) electrons. The number of hydrogen-bond acceptors (Lipinski definition) is 4. The van der Waals surface area contributed by atoms with E-state index in [2.05, 4.69) is 34.9 Å². The minimum atomic E-state index is -0.0303. The van der Waals surface area contributed by atoms with Crippen molar-refractivity contribution < 1.29 is 9.59 Å². The van der Waals surface area contributed by atoms with E-state index in [1.165, 1.54) is 5.56 Å². The monoisotopic (exact) mass is 411 g/mol. The lowest BCUT2D eigenvalue weighted by Crippen LogP contribution is -2.46. The second-order valence-corrected chi connectivity index (χ2v) is 8.37. The van der Waals surface area contributed by atoms with Crippen molar-refractivity contribution in [2.24, 2.45) is 5.92 Å². The van der Waals surface area contributed by atoms with Gasteiger partial charge in [-0.2, -0.15) is 11.8 Å². The molecule has 2 saturated heterocycles. The zero-order valence-corrected chi connectivity index (χ0v) is 17.3. The van der Waals surface area contributed by atoms with Gasteiger partial charge in [0.15, 0.2) is 0 Å². The molecule has 1 aromatic carbocycles. The summed E-state index contributed by atoms with van der Waals surface area (Å²) in [4.78, 5) is 26.3. The van der Waals surface area contributed by atoms with Crippen LogP contribution in [0.25, 0.3) is 0 Å². The van der Waals surface area contributed by atoms with Gasteiger partial charge in [-0.25, -0.2) is 0 Å². The average Bonchev–Trinajstić information content (AvgIpc) is 2.68. The van der Waals surface area contributed by atoms with Gasteiger partial charge >= 0.3 is 0 Å². The van der Waals surface area contributed by atoms with Gasteiger partial charge in [-0.3, -0.25) is 9.59 Å². The summed E-state index contributed by atoms with van der Waals surface area (Å²) < 4.78 is 0. The van der Waals surface area contributed by atoms with E-state index in [0.29, 0.717) is 12.3 Å². The number of benzene rings is 1. The maximum atomic E-state index is 12.4. The lowest BCUT2D eigenvalue weighted by atomic mass is 9.90. The molecule has 2 heterocycles. The maximum Gasteiger partial charge on any atom is 0.241 e. The summed E-state index contributed by atoms with van der Waals surface area (Å²) in [6, 6.07) is 10.8. The molecule has 0 bridgehead atoms. The molecule has 2 aliphatic heterocycles. The van der Waals surface area contributed by atoms with E-state index in [1.54, 1.807) is 0 Å². The second kappa shape index (κ2) is 11.6. The molecule has 1 unspecified atom stereocenters. The molecular formula is C20H30ClN3O2S. The first-order chi connectivity index (χ1) is 12.7. The molecule has 5 nitrogen and oxygen atoms in total. The molecule has 2 N–H and O–H groups in total. The minimum absolute atomic E-state index is 0. The van der Waals surface area contributed by atoms with E-state index < -0.39 is 0 Å². The standard InChI is InChI=1S/C20H29N3O2S.ClH/c24-19(13-18-15-26-11-8-21-18)22-14-20(25)23-9-6-17(7-10-23)12-16-4-2-1-3-5-16;/h1-5,17-18,21H,6-15H2,(H,22,24);1H. The summed E-state index contributed by atoms with van der Waals surface area (Å²) in [6.45, 7) is 2.68. The number of carbonyl (C=O) groups is 2. The van der Waals surface area contributed by atoms with Crippen molar-refractivity contribution in [1.29, 1.82) is 0 Å². The molecule has 1 aromatic rings. The van der Waals surface area contributed by atoms with Crippen molar-refractivity contribution in [1.82, 2.24) is 15.5 Å². The van der Waals surface area contributed by atoms with Gasteiger partial charge in [0, 0.05) is 43.6 Å². The maximum absolute atomic E-state index is 12.4. The predicted octanol–water partition coefficient (Wildman–Crippen LogP) is 2.10. The highest BCUT2D eigenvalue weighted by atomic mass is 35.5. The van der Waals surface area contributed by atoms with Crippen molar-refractivity contribution in [2.75, 3.05) is 37.7 Å². The fourth-order valence-electron chi connectivity index (χ4n) is 3.67. The number of likely N-dealkylation sites (tertiary alicyclic amines) is 1. The smallest absolute Gasteiger partial charge is 0.241 e. The van der Waals surface area contributed by atoms with E-state index in [-0.39, 0.29) is 36.8 Å². The third-order valence-electron chi connectivity index (χ3n) is 5.20. The van der Waals surface area contributed by atoms with Gasteiger partial charge in [0.25, 0.3) is 0 Å². The molecule has 2 aliphatic rings. The molecule has 0 aromatic heterocycles. The molecule has 27 heavy (non-hydrogen) atoms. The number of thioether (sulfide) groups is 1. The van der Waals surface area contributed by atoms with Crippen LogP contribution in [0.4, 0.5) is 0 Å². The van der Waals surface area contributed by atoms with Crippen LogP contribution in [-0.4, -0.2) is 60.4 Å². The predicted molar refractivity (Wildman–Crippen MR) is 113 cm³/mol. The molecule has 2 amide bonds. The lowest BCUT2D eigenvalue weighted by molar-refractivity contribution is -0.134. The number of hydrogen-bond donors (Lipinski definition) is 2. The third kappa shape index (κ3) is 7.35. The molecule has 3 rings (SSSR count). The number of carbonyl (C=O) groups excluding carboxylic acids is 2. The molecule has 0 spiro atoms. The number of halogens is 1. The van der Waals surface area contributed by atoms with Crippen molar-refractivity contribution in [3.8, 4) is 0 Å². The summed E-state index contributed by atoms with van der Waals surface area (Å²) in [7, 11) is 0. The first-order valence-corrected chi connectivity index (χ1v) is 10.8. The summed E-state index contributed by atoms with van der Waals surface area (Å²) in [6.07, 6.45) is 3.63. The van der Waals surface area contributed by atoms with Gasteiger partial charge in [-0.1, -0.05) is 30.3 Å². The fraction of sp³-hybridized carbons (Fsp3) is 0.600. The Hall–Kier alpha value is -1.24. The summed E-state index contributed by atoms with van der Waals surface area (Å²) in [5.74, 6) is 2.73. The summed E-state index contributed by atoms with van der Waals surface area (Å²) in [5, 5.41) is 6.15. The van der Waals surface area contributed by atoms with Crippen LogP contribution in [0, 0.1) is 5.92 Å². The van der Waals surface area contributed by atoms with Crippen LogP contribution in [0.1, 0.15) is 24.8 Å². The van der Waals surface area contributed by atoms with Gasteiger partial charge in [-0.05, 0) is 30.7 Å². The quantitative estimate of drug-likeness (QED) is 0.752. The minimum Gasteiger partial charge on any atom is -0.347 e. The normalized spacial score (nSPS) is 20.6. The van der Waals surface area contributed by atoms with Crippen LogP contribution < -0.4 is 10.6 Å². The van der Waals surface area contributed by atoms with E-state index in [9.17, 15) is 9.59 Å². The Balaban J connectivity index is 0.00000261. The highest BCUT2D eigenvalue weighted by Gasteiger charge is 2.23. The van der Waals surface area contributed by atoms with Crippen molar-refractivity contribution in [3.63, 3.8) is 0 Å². The van der Waals surface area contributed by atoms with E-state index >= 15 is 0 Å². The van der Waals surface area contributed by atoms with Crippen LogP contribution in [0.15, 0.2) is 30.3 Å².